The zero-order chi connectivity index (χ0) is 21.9. The third-order valence-electron chi connectivity index (χ3n) is 4.42. The van der Waals surface area contributed by atoms with E-state index in [0.717, 1.165) is 5.56 Å². The summed E-state index contributed by atoms with van der Waals surface area (Å²) in [4.78, 5) is 22.9. The fraction of sp³-hybridized carbons (Fsp3) is 0.182. The van der Waals surface area contributed by atoms with Gasteiger partial charge in [0.1, 0.15) is 11.5 Å². The van der Waals surface area contributed by atoms with Gasteiger partial charge in [-0.15, -0.1) is 0 Å². The Hall–Kier alpha value is -3.45. The Kier molecular flexibility index (Phi) is 6.03. The van der Waals surface area contributed by atoms with Gasteiger partial charge in [-0.05, 0) is 47.4 Å². The van der Waals surface area contributed by atoms with E-state index in [4.69, 9.17) is 16.0 Å². The second kappa shape index (κ2) is 8.51. The number of amides is 1. The molecule has 1 heterocycles. The summed E-state index contributed by atoms with van der Waals surface area (Å²) in [5.41, 5.74) is 4.19. The van der Waals surface area contributed by atoms with Crippen LogP contribution in [-0.4, -0.2) is 17.0 Å². The third-order valence-corrected chi connectivity index (χ3v) is 4.65. The average molecular weight is 426 g/mol. The van der Waals surface area contributed by atoms with Gasteiger partial charge in [0.15, 0.2) is 0 Å². The second-order valence-electron chi connectivity index (χ2n) is 7.65. The smallest absolute Gasteiger partial charge is 0.281 e. The fourth-order valence-electron chi connectivity index (χ4n) is 2.77. The number of hydrazone groups is 1. The Morgan fingerprint density at radius 2 is 1.83 bits per heavy atom. The molecule has 0 atom stereocenters. The van der Waals surface area contributed by atoms with Crippen molar-refractivity contribution in [3.05, 3.63) is 86.6 Å². The maximum atomic E-state index is 12.2. The summed E-state index contributed by atoms with van der Waals surface area (Å²) in [5, 5.41) is 15.4. The summed E-state index contributed by atoms with van der Waals surface area (Å²) in [5.74, 6) is 0.272. The fourth-order valence-corrected chi connectivity index (χ4v) is 2.94. The van der Waals surface area contributed by atoms with Crippen molar-refractivity contribution in [2.75, 3.05) is 0 Å². The van der Waals surface area contributed by atoms with Crippen LogP contribution in [0, 0.1) is 10.1 Å². The predicted molar refractivity (Wildman–Crippen MR) is 116 cm³/mol. The molecule has 0 aliphatic rings. The van der Waals surface area contributed by atoms with E-state index in [1.54, 1.807) is 30.3 Å². The van der Waals surface area contributed by atoms with Crippen molar-refractivity contribution >= 4 is 29.4 Å². The van der Waals surface area contributed by atoms with Crippen LogP contribution in [0.5, 0.6) is 0 Å². The minimum atomic E-state index is -0.525. The number of carbonyl (C=O) groups excluding carboxylic acids is 1. The number of hydrogen-bond donors (Lipinski definition) is 1. The number of benzene rings is 2. The molecule has 0 fully saturated rings. The Labute approximate surface area is 178 Å². The highest BCUT2D eigenvalue weighted by atomic mass is 35.5. The third kappa shape index (κ3) is 4.93. The molecule has 2 aromatic carbocycles. The van der Waals surface area contributed by atoms with Crippen molar-refractivity contribution in [3.8, 4) is 11.3 Å². The Morgan fingerprint density at radius 1 is 1.13 bits per heavy atom. The Bertz CT molecular complexity index is 1110. The van der Waals surface area contributed by atoms with Crippen molar-refractivity contribution in [3.63, 3.8) is 0 Å². The van der Waals surface area contributed by atoms with Gasteiger partial charge < -0.3 is 4.42 Å². The first-order valence-corrected chi connectivity index (χ1v) is 9.51. The summed E-state index contributed by atoms with van der Waals surface area (Å²) < 4.78 is 5.59. The summed E-state index contributed by atoms with van der Waals surface area (Å²) in [7, 11) is 0. The number of nitro benzene ring substituents is 1. The lowest BCUT2D eigenvalue weighted by Gasteiger charge is -2.18. The lowest BCUT2D eigenvalue weighted by atomic mass is 9.87. The maximum absolute atomic E-state index is 12.2. The normalized spacial score (nSPS) is 11.6. The van der Waals surface area contributed by atoms with Crippen LogP contribution in [0.3, 0.4) is 0 Å². The molecule has 30 heavy (non-hydrogen) atoms. The van der Waals surface area contributed by atoms with Crippen molar-refractivity contribution in [1.82, 2.24) is 5.43 Å². The van der Waals surface area contributed by atoms with E-state index < -0.39 is 4.92 Å². The molecule has 1 amide bonds. The Morgan fingerprint density at radius 3 is 2.47 bits per heavy atom. The highest BCUT2D eigenvalue weighted by Crippen LogP contribution is 2.33. The number of rotatable bonds is 5. The molecule has 0 saturated heterocycles. The molecule has 0 radical (unpaired) electrons. The second-order valence-corrected chi connectivity index (χ2v) is 8.08. The highest BCUT2D eigenvalue weighted by Gasteiger charge is 2.18. The van der Waals surface area contributed by atoms with Crippen molar-refractivity contribution < 1.29 is 14.1 Å². The molecule has 7 nitrogen and oxygen atoms in total. The summed E-state index contributed by atoms with van der Waals surface area (Å²) >= 11 is 5.84. The van der Waals surface area contributed by atoms with E-state index in [-0.39, 0.29) is 22.0 Å². The van der Waals surface area contributed by atoms with Gasteiger partial charge >= 0.3 is 0 Å². The molecule has 154 valence electrons. The van der Waals surface area contributed by atoms with Gasteiger partial charge in [0.2, 0.25) is 0 Å². The monoisotopic (exact) mass is 425 g/mol. The number of halogens is 1. The molecular formula is C22H20ClN3O4. The molecule has 0 aliphatic carbocycles. The molecule has 0 saturated carbocycles. The van der Waals surface area contributed by atoms with Crippen LogP contribution in [0.2, 0.25) is 5.02 Å². The van der Waals surface area contributed by atoms with E-state index in [1.807, 2.05) is 12.1 Å². The first kappa shape index (κ1) is 21.3. The zero-order valence-corrected chi connectivity index (χ0v) is 17.4. The van der Waals surface area contributed by atoms with Crippen LogP contribution in [0.4, 0.5) is 5.69 Å². The number of nitrogens with one attached hydrogen (secondary N) is 1. The van der Waals surface area contributed by atoms with Crippen LogP contribution < -0.4 is 5.43 Å². The zero-order valence-electron chi connectivity index (χ0n) is 16.7. The van der Waals surface area contributed by atoms with Crippen molar-refractivity contribution in [2.24, 2.45) is 5.10 Å². The van der Waals surface area contributed by atoms with Crippen LogP contribution >= 0.6 is 11.6 Å². The quantitative estimate of drug-likeness (QED) is 0.328. The predicted octanol–water partition coefficient (Wildman–Crippen LogP) is 5.57. The highest BCUT2D eigenvalue weighted by molar-refractivity contribution is 6.30. The SMILES string of the molecule is CC(C)(C)c1ccc(C(=O)N/N=C\c2ccc(-c3ccc(Cl)cc3[N+](=O)[O-])o2)cc1. The van der Waals surface area contributed by atoms with Gasteiger partial charge in [0.05, 0.1) is 16.7 Å². The van der Waals surface area contributed by atoms with Gasteiger partial charge in [0.25, 0.3) is 11.6 Å². The molecule has 0 aliphatic heterocycles. The molecule has 1 N–H and O–H groups in total. The van der Waals surface area contributed by atoms with Crippen LogP contribution in [0.15, 0.2) is 64.1 Å². The van der Waals surface area contributed by atoms with Gasteiger partial charge in [-0.3, -0.25) is 14.9 Å². The first-order valence-electron chi connectivity index (χ1n) is 9.13. The van der Waals surface area contributed by atoms with Crippen LogP contribution in [-0.2, 0) is 5.41 Å². The molecule has 3 aromatic rings. The molecular weight excluding hydrogens is 406 g/mol. The molecule has 0 spiro atoms. The number of furan rings is 1. The van der Waals surface area contributed by atoms with E-state index >= 15 is 0 Å². The van der Waals surface area contributed by atoms with Gasteiger partial charge in [0, 0.05) is 16.7 Å². The average Bonchev–Trinajstić information content (AvgIpc) is 3.16. The summed E-state index contributed by atoms with van der Waals surface area (Å²) in [6.45, 7) is 6.30. The molecule has 8 heteroatoms. The lowest BCUT2D eigenvalue weighted by Crippen LogP contribution is -2.18. The van der Waals surface area contributed by atoms with E-state index in [2.05, 4.69) is 31.3 Å². The minimum absolute atomic E-state index is 0.00329. The lowest BCUT2D eigenvalue weighted by molar-refractivity contribution is -0.384. The maximum Gasteiger partial charge on any atom is 0.281 e. The number of nitro groups is 1. The number of hydrogen-bond acceptors (Lipinski definition) is 5. The van der Waals surface area contributed by atoms with E-state index in [9.17, 15) is 14.9 Å². The van der Waals surface area contributed by atoms with E-state index in [1.165, 1.54) is 18.3 Å². The number of nitrogens with zero attached hydrogens (tertiary/aromatic N) is 2. The minimum Gasteiger partial charge on any atom is -0.455 e. The first-order chi connectivity index (χ1) is 14.1. The number of carbonyl (C=O) groups is 1. The molecule has 0 unspecified atom stereocenters. The van der Waals surface area contributed by atoms with Gasteiger partial charge in [-0.25, -0.2) is 5.43 Å². The summed E-state index contributed by atoms with van der Waals surface area (Å²) in [6, 6.07) is 14.8. The van der Waals surface area contributed by atoms with Gasteiger partial charge in [-0.2, -0.15) is 5.10 Å². The molecule has 1 aromatic heterocycles. The van der Waals surface area contributed by atoms with E-state index in [0.29, 0.717) is 22.6 Å². The largest absolute Gasteiger partial charge is 0.455 e. The Balaban J connectivity index is 1.69. The van der Waals surface area contributed by atoms with Crippen LogP contribution in [0.25, 0.3) is 11.3 Å². The van der Waals surface area contributed by atoms with Crippen molar-refractivity contribution in [1.29, 1.82) is 0 Å². The molecule has 0 bridgehead atoms. The van der Waals surface area contributed by atoms with Crippen molar-refractivity contribution in [2.45, 2.75) is 26.2 Å². The van der Waals surface area contributed by atoms with Gasteiger partial charge in [-0.1, -0.05) is 44.5 Å². The standard InChI is InChI=1S/C22H20ClN3O4/c1-22(2,3)15-6-4-14(5-7-15)21(27)25-24-13-17-9-11-20(30-17)18-10-8-16(23)12-19(18)26(28)29/h4-13H,1-3H3,(H,25,27)/b24-13-. The topological polar surface area (TPSA) is 97.7 Å². The van der Waals surface area contributed by atoms with Crippen LogP contribution in [0.1, 0.15) is 42.5 Å². The summed E-state index contributed by atoms with van der Waals surface area (Å²) in [6.07, 6.45) is 1.33. The molecule has 3 rings (SSSR count).